The molecule has 1 heterocycles. The van der Waals surface area contributed by atoms with Crippen molar-refractivity contribution >= 4 is 33.2 Å². The fourth-order valence-electron chi connectivity index (χ4n) is 0.984. The van der Waals surface area contributed by atoms with Gasteiger partial charge in [0.05, 0.1) is 10.8 Å². The molecule has 0 aromatic carbocycles. The number of hydrogen-bond acceptors (Lipinski definition) is 3. The van der Waals surface area contributed by atoms with Gasteiger partial charge in [0, 0.05) is 5.56 Å². The zero-order valence-corrected chi connectivity index (χ0v) is 9.43. The molecule has 0 saturated heterocycles. The van der Waals surface area contributed by atoms with E-state index >= 15 is 0 Å². The summed E-state index contributed by atoms with van der Waals surface area (Å²) in [6, 6.07) is 0.931. The van der Waals surface area contributed by atoms with Crippen LogP contribution in [-0.4, -0.2) is 9.91 Å². The SMILES string of the molecule is O=[N+]([O-])c1c(CCl)cc(C(F)F)nc1Br. The Morgan fingerprint density at radius 2 is 2.27 bits per heavy atom. The predicted octanol–water partition coefficient (Wildman–Crippen LogP) is 3.43. The number of rotatable bonds is 3. The zero-order chi connectivity index (χ0) is 11.6. The summed E-state index contributed by atoms with van der Waals surface area (Å²) in [4.78, 5) is 13.2. The Morgan fingerprint density at radius 1 is 1.67 bits per heavy atom. The fourth-order valence-corrected chi connectivity index (χ4v) is 1.79. The lowest BCUT2D eigenvalue weighted by Crippen LogP contribution is -2.01. The van der Waals surface area contributed by atoms with E-state index in [0.717, 1.165) is 6.07 Å². The van der Waals surface area contributed by atoms with Gasteiger partial charge in [0.25, 0.3) is 6.43 Å². The molecule has 4 nitrogen and oxygen atoms in total. The van der Waals surface area contributed by atoms with Crippen molar-refractivity contribution in [3.63, 3.8) is 0 Å². The third-order valence-electron chi connectivity index (χ3n) is 1.60. The summed E-state index contributed by atoms with van der Waals surface area (Å²) >= 11 is 8.19. The van der Waals surface area contributed by atoms with E-state index in [0.29, 0.717) is 0 Å². The molecule has 0 atom stereocenters. The maximum absolute atomic E-state index is 12.3. The lowest BCUT2D eigenvalue weighted by Gasteiger charge is -2.04. The lowest BCUT2D eigenvalue weighted by atomic mass is 10.2. The first-order valence-electron chi connectivity index (χ1n) is 3.65. The van der Waals surface area contributed by atoms with Crippen molar-refractivity contribution in [2.45, 2.75) is 12.3 Å². The van der Waals surface area contributed by atoms with Gasteiger partial charge in [0.1, 0.15) is 5.69 Å². The molecule has 0 N–H and O–H groups in total. The van der Waals surface area contributed by atoms with E-state index in [-0.39, 0.29) is 21.7 Å². The van der Waals surface area contributed by atoms with Gasteiger partial charge in [-0.2, -0.15) is 0 Å². The van der Waals surface area contributed by atoms with Crippen LogP contribution in [0, 0.1) is 10.1 Å². The van der Waals surface area contributed by atoms with E-state index in [2.05, 4.69) is 20.9 Å². The van der Waals surface area contributed by atoms with Crippen molar-refractivity contribution in [3.8, 4) is 0 Å². The molecule has 8 heteroatoms. The molecule has 1 aromatic rings. The molecule has 0 aliphatic carbocycles. The van der Waals surface area contributed by atoms with E-state index in [9.17, 15) is 18.9 Å². The molecule has 1 rings (SSSR count). The molecule has 0 spiro atoms. The molecule has 1 aromatic heterocycles. The van der Waals surface area contributed by atoms with Crippen molar-refractivity contribution in [1.82, 2.24) is 4.98 Å². The van der Waals surface area contributed by atoms with E-state index in [4.69, 9.17) is 11.6 Å². The highest BCUT2D eigenvalue weighted by Crippen LogP contribution is 2.31. The summed E-state index contributed by atoms with van der Waals surface area (Å²) in [5.74, 6) is -0.225. The van der Waals surface area contributed by atoms with Crippen LogP contribution in [0.1, 0.15) is 17.7 Å². The Hall–Kier alpha value is -0.820. The van der Waals surface area contributed by atoms with Gasteiger partial charge in [-0.25, -0.2) is 13.8 Å². The third kappa shape index (κ3) is 2.60. The van der Waals surface area contributed by atoms with Gasteiger partial charge in [0.15, 0.2) is 4.60 Å². The van der Waals surface area contributed by atoms with Gasteiger partial charge in [-0.3, -0.25) is 10.1 Å². The molecule has 0 unspecified atom stereocenters. The normalized spacial score (nSPS) is 10.7. The highest BCUT2D eigenvalue weighted by atomic mass is 79.9. The molecular formula is C7H4BrClF2N2O2. The van der Waals surface area contributed by atoms with Crippen molar-refractivity contribution in [2.24, 2.45) is 0 Å². The summed E-state index contributed by atoms with van der Waals surface area (Å²) < 4.78 is 24.4. The lowest BCUT2D eigenvalue weighted by molar-refractivity contribution is -0.386. The average Bonchev–Trinajstić information content (AvgIpc) is 2.15. The smallest absolute Gasteiger partial charge is 0.258 e. The first-order chi connectivity index (χ1) is 6.97. The summed E-state index contributed by atoms with van der Waals surface area (Å²) in [5, 5.41) is 10.6. The Morgan fingerprint density at radius 3 is 2.67 bits per heavy atom. The molecular weight excluding hydrogens is 297 g/mol. The first-order valence-corrected chi connectivity index (χ1v) is 4.98. The predicted molar refractivity (Wildman–Crippen MR) is 53.1 cm³/mol. The maximum Gasteiger partial charge on any atom is 0.306 e. The number of aromatic nitrogens is 1. The number of nitrogens with zero attached hydrogens (tertiary/aromatic N) is 2. The Kier molecular flexibility index (Phi) is 3.92. The summed E-state index contributed by atoms with van der Waals surface area (Å²) in [7, 11) is 0. The van der Waals surface area contributed by atoms with E-state index in [1.165, 1.54) is 0 Å². The summed E-state index contributed by atoms with van der Waals surface area (Å²) in [6.45, 7) is 0. The average molecular weight is 301 g/mol. The van der Waals surface area contributed by atoms with Crippen LogP contribution in [0.3, 0.4) is 0 Å². The van der Waals surface area contributed by atoms with Crippen LogP contribution < -0.4 is 0 Å². The third-order valence-corrected chi connectivity index (χ3v) is 2.44. The van der Waals surface area contributed by atoms with Gasteiger partial charge in [-0.15, -0.1) is 11.6 Å². The molecule has 0 aliphatic rings. The van der Waals surface area contributed by atoms with Crippen LogP contribution in [-0.2, 0) is 5.88 Å². The Labute approximate surface area is 96.5 Å². The minimum atomic E-state index is -2.79. The highest BCUT2D eigenvalue weighted by molar-refractivity contribution is 9.10. The standard InChI is InChI=1S/C7H4BrClF2N2O2/c8-6-5(13(14)15)3(2-9)1-4(12-6)7(10)11/h1,7H,2H2. The second-order valence-electron chi connectivity index (χ2n) is 2.54. The van der Waals surface area contributed by atoms with Crippen molar-refractivity contribution in [3.05, 3.63) is 32.0 Å². The van der Waals surface area contributed by atoms with Crippen molar-refractivity contribution in [1.29, 1.82) is 0 Å². The van der Waals surface area contributed by atoms with Gasteiger partial charge < -0.3 is 0 Å². The van der Waals surface area contributed by atoms with Crippen LogP contribution in [0.25, 0.3) is 0 Å². The number of nitro groups is 1. The molecule has 82 valence electrons. The Bertz CT molecular complexity index is 403. The molecule has 0 fully saturated rings. The van der Waals surface area contributed by atoms with Crippen molar-refractivity contribution in [2.75, 3.05) is 0 Å². The second kappa shape index (κ2) is 4.80. The fraction of sp³-hybridized carbons (Fsp3) is 0.286. The number of halogens is 4. The zero-order valence-electron chi connectivity index (χ0n) is 7.08. The topological polar surface area (TPSA) is 56.0 Å². The van der Waals surface area contributed by atoms with E-state index in [1.54, 1.807) is 0 Å². The van der Waals surface area contributed by atoms with E-state index in [1.807, 2.05) is 0 Å². The molecule has 15 heavy (non-hydrogen) atoms. The largest absolute Gasteiger partial charge is 0.306 e. The van der Waals surface area contributed by atoms with Gasteiger partial charge in [0.2, 0.25) is 0 Å². The second-order valence-corrected chi connectivity index (χ2v) is 3.56. The molecule has 0 saturated carbocycles. The molecule has 0 radical (unpaired) electrons. The van der Waals surface area contributed by atoms with Crippen LogP contribution in [0.5, 0.6) is 0 Å². The van der Waals surface area contributed by atoms with Crippen LogP contribution in [0.4, 0.5) is 14.5 Å². The summed E-state index contributed by atoms with van der Waals surface area (Å²) in [5.41, 5.74) is -0.906. The van der Waals surface area contributed by atoms with E-state index < -0.39 is 17.0 Å². The molecule has 0 aliphatic heterocycles. The van der Waals surface area contributed by atoms with Crippen LogP contribution >= 0.6 is 27.5 Å². The van der Waals surface area contributed by atoms with Crippen LogP contribution in [0.2, 0.25) is 0 Å². The maximum atomic E-state index is 12.3. The minimum Gasteiger partial charge on any atom is -0.258 e. The quantitative estimate of drug-likeness (QED) is 0.372. The molecule has 0 bridgehead atoms. The first kappa shape index (κ1) is 12.3. The minimum absolute atomic E-state index is 0.0128. The van der Waals surface area contributed by atoms with Gasteiger partial charge >= 0.3 is 5.69 Å². The Balaban J connectivity index is 3.37. The summed E-state index contributed by atoms with van der Waals surface area (Å²) in [6.07, 6.45) is -2.79. The number of hydrogen-bond donors (Lipinski definition) is 0. The number of pyridine rings is 1. The van der Waals surface area contributed by atoms with Crippen molar-refractivity contribution < 1.29 is 13.7 Å². The highest BCUT2D eigenvalue weighted by Gasteiger charge is 2.23. The van der Waals surface area contributed by atoms with Gasteiger partial charge in [-0.05, 0) is 22.0 Å². The van der Waals surface area contributed by atoms with Gasteiger partial charge in [-0.1, -0.05) is 0 Å². The number of alkyl halides is 3. The van der Waals surface area contributed by atoms with Crippen LogP contribution in [0.15, 0.2) is 10.7 Å². The monoisotopic (exact) mass is 300 g/mol. The molecule has 0 amide bonds.